The molecule has 0 atom stereocenters. The number of nitrogens with one attached hydrogen (secondary N) is 1. The Morgan fingerprint density at radius 3 is 2.78 bits per heavy atom. The van der Waals surface area contributed by atoms with E-state index in [1.165, 1.54) is 12.1 Å². The average molecular weight is 633 g/mol. The van der Waals surface area contributed by atoms with Crippen LogP contribution in [0.3, 0.4) is 0 Å². The van der Waals surface area contributed by atoms with Crippen LogP contribution in [0.4, 0.5) is 14.5 Å². The highest BCUT2D eigenvalue weighted by Crippen LogP contribution is 2.40. The predicted molar refractivity (Wildman–Crippen MR) is 176 cm³/mol. The highest BCUT2D eigenvalue weighted by Gasteiger charge is 2.25. The van der Waals surface area contributed by atoms with Crippen molar-refractivity contribution in [2.24, 2.45) is 0 Å². The molecule has 1 aliphatic rings. The van der Waals surface area contributed by atoms with E-state index in [4.69, 9.17) is 9.47 Å². The van der Waals surface area contributed by atoms with Crippen LogP contribution in [0.15, 0.2) is 78.6 Å². The van der Waals surface area contributed by atoms with Crippen LogP contribution in [0.5, 0.6) is 5.75 Å². The van der Waals surface area contributed by atoms with Crippen LogP contribution in [0, 0.1) is 12.7 Å². The van der Waals surface area contributed by atoms with Crippen LogP contribution in [0.25, 0.3) is 11.1 Å². The summed E-state index contributed by atoms with van der Waals surface area (Å²) >= 11 is 0. The maximum Gasteiger partial charge on any atom is 0.251 e. The third-order valence-corrected chi connectivity index (χ3v) is 7.76. The Balaban J connectivity index is 1.47. The summed E-state index contributed by atoms with van der Waals surface area (Å²) in [5.41, 5.74) is 3.97. The number of hydrogen-bond donors (Lipinski definition) is 1. The van der Waals surface area contributed by atoms with Crippen molar-refractivity contribution in [2.75, 3.05) is 31.2 Å². The van der Waals surface area contributed by atoms with Crippen molar-refractivity contribution in [1.29, 1.82) is 0 Å². The molecule has 244 valence electrons. The molecule has 0 saturated carbocycles. The summed E-state index contributed by atoms with van der Waals surface area (Å²) in [4.78, 5) is 27.5. The van der Waals surface area contributed by atoms with Crippen molar-refractivity contribution in [3.8, 4) is 16.9 Å². The Morgan fingerprint density at radius 1 is 1.26 bits per heavy atom. The topological polar surface area (TPSA) is 85.7 Å². The first-order valence-corrected chi connectivity index (χ1v) is 15.6. The highest BCUT2D eigenvalue weighted by molar-refractivity contribution is 5.97. The van der Waals surface area contributed by atoms with E-state index in [1.807, 2.05) is 31.3 Å². The van der Waals surface area contributed by atoms with Gasteiger partial charge in [-0.15, -0.1) is 0 Å². The number of nitrogens with zero attached hydrogens (tertiary/aromatic N) is 3. The normalized spacial score (nSPS) is 13.7. The molecule has 0 saturated heterocycles. The number of aromatic nitrogens is 2. The van der Waals surface area contributed by atoms with E-state index in [-0.39, 0.29) is 42.7 Å². The summed E-state index contributed by atoms with van der Waals surface area (Å²) in [6.07, 6.45) is 8.56. The Bertz CT molecular complexity index is 1620. The Labute approximate surface area is 269 Å². The average Bonchev–Trinajstić information content (AvgIpc) is 3.41. The number of allylic oxidation sites excluding steroid dienone is 4. The summed E-state index contributed by atoms with van der Waals surface area (Å²) in [5, 5.41) is 7.25. The van der Waals surface area contributed by atoms with Gasteiger partial charge in [0.1, 0.15) is 5.82 Å². The van der Waals surface area contributed by atoms with Crippen molar-refractivity contribution in [3.63, 3.8) is 0 Å². The van der Waals surface area contributed by atoms with Crippen LogP contribution in [0.1, 0.15) is 67.9 Å². The highest BCUT2D eigenvalue weighted by atomic mass is 19.1. The number of para-hydroxylation sites is 1. The number of benzene rings is 2. The largest absolute Gasteiger partial charge is 0.491 e. The van der Waals surface area contributed by atoms with Gasteiger partial charge in [-0.3, -0.25) is 14.3 Å². The molecule has 3 aromatic rings. The predicted octanol–water partition coefficient (Wildman–Crippen LogP) is 7.43. The number of halogens is 2. The SMILES string of the molecule is C=C/C(C)=C(F)\C(=C/C)OCCCC(=O)N1CCCOc2c(-c3cnn(Cc4c(C)cc(C(=O)NCCC)cc4F)c3)cccc21. The maximum absolute atomic E-state index is 15.1. The van der Waals surface area contributed by atoms with Gasteiger partial charge in [-0.25, -0.2) is 8.78 Å². The zero-order chi connectivity index (χ0) is 33.2. The van der Waals surface area contributed by atoms with Gasteiger partial charge in [0.15, 0.2) is 17.3 Å². The number of amides is 2. The van der Waals surface area contributed by atoms with Crippen LogP contribution >= 0.6 is 0 Å². The van der Waals surface area contributed by atoms with E-state index in [0.717, 1.165) is 17.5 Å². The Morgan fingerprint density at radius 2 is 2.07 bits per heavy atom. The number of fused-ring (bicyclic) bond motifs is 1. The third kappa shape index (κ3) is 8.10. The molecule has 10 heteroatoms. The Hall–Kier alpha value is -4.73. The van der Waals surface area contributed by atoms with Gasteiger partial charge < -0.3 is 19.7 Å². The number of hydrogen-bond acceptors (Lipinski definition) is 5. The second-order valence-corrected chi connectivity index (χ2v) is 11.1. The van der Waals surface area contributed by atoms with Crippen molar-refractivity contribution < 1.29 is 27.8 Å². The fourth-order valence-electron chi connectivity index (χ4n) is 5.19. The van der Waals surface area contributed by atoms with Gasteiger partial charge in [0.05, 0.1) is 31.6 Å². The van der Waals surface area contributed by atoms with Gasteiger partial charge in [-0.05, 0) is 75.4 Å². The molecule has 46 heavy (non-hydrogen) atoms. The molecule has 0 aliphatic carbocycles. The van der Waals surface area contributed by atoms with E-state index in [0.29, 0.717) is 60.7 Å². The van der Waals surface area contributed by atoms with Crippen LogP contribution in [-0.2, 0) is 16.1 Å². The summed E-state index contributed by atoms with van der Waals surface area (Å²) in [7, 11) is 0. The van der Waals surface area contributed by atoms with E-state index >= 15 is 4.39 Å². The molecule has 0 bridgehead atoms. The van der Waals surface area contributed by atoms with Crippen molar-refractivity contribution in [3.05, 3.63) is 101 Å². The van der Waals surface area contributed by atoms with Gasteiger partial charge in [0.25, 0.3) is 5.91 Å². The zero-order valence-electron chi connectivity index (χ0n) is 27.0. The summed E-state index contributed by atoms with van der Waals surface area (Å²) in [5.74, 6) is -0.604. The molecular formula is C36H42F2N4O4. The molecule has 1 aliphatic heterocycles. The smallest absolute Gasteiger partial charge is 0.251 e. The van der Waals surface area contributed by atoms with Gasteiger partial charge in [0, 0.05) is 48.0 Å². The number of rotatable bonds is 13. The Kier molecular flexibility index (Phi) is 11.9. The van der Waals surface area contributed by atoms with Gasteiger partial charge in [-0.2, -0.15) is 5.10 Å². The second kappa shape index (κ2) is 16.0. The number of aryl methyl sites for hydroxylation is 1. The lowest BCUT2D eigenvalue weighted by atomic mass is 10.0. The molecule has 0 spiro atoms. The second-order valence-electron chi connectivity index (χ2n) is 11.1. The molecule has 1 aromatic heterocycles. The monoisotopic (exact) mass is 632 g/mol. The summed E-state index contributed by atoms with van der Waals surface area (Å²) < 4.78 is 43.0. The first-order valence-electron chi connectivity index (χ1n) is 15.6. The van der Waals surface area contributed by atoms with Gasteiger partial charge >= 0.3 is 0 Å². The minimum Gasteiger partial charge on any atom is -0.491 e. The minimum atomic E-state index is -0.469. The number of anilines is 1. The lowest BCUT2D eigenvalue weighted by Gasteiger charge is -2.23. The molecule has 4 rings (SSSR count). The van der Waals surface area contributed by atoms with E-state index < -0.39 is 11.6 Å². The van der Waals surface area contributed by atoms with E-state index in [9.17, 15) is 14.0 Å². The maximum atomic E-state index is 15.1. The molecule has 8 nitrogen and oxygen atoms in total. The van der Waals surface area contributed by atoms with Gasteiger partial charge in [0.2, 0.25) is 5.91 Å². The number of carbonyl (C=O) groups is 2. The van der Waals surface area contributed by atoms with Crippen molar-refractivity contribution in [2.45, 2.75) is 59.9 Å². The quantitative estimate of drug-likeness (QED) is 0.120. The molecule has 2 aromatic carbocycles. The first kappa shape index (κ1) is 34.1. The molecule has 1 N–H and O–H groups in total. The fraction of sp³-hybridized carbons (Fsp3) is 0.361. The molecule has 0 radical (unpaired) electrons. The lowest BCUT2D eigenvalue weighted by Crippen LogP contribution is -2.31. The standard InChI is InChI=1S/C36H42F2N4O4/c1-6-15-39-36(44)26-19-25(5)29(30(37)20-26)23-41-22-27(21-40-41)28-12-9-13-31-35(28)46-18-11-16-42(31)33(43)14-10-17-45-32(8-3)34(38)24(4)7-2/h7-9,12-13,19-22H,2,6,10-11,14-18,23H2,1,3-5H3,(H,39,44)/b32-8+,34-24+. The van der Waals surface area contributed by atoms with Crippen molar-refractivity contribution >= 4 is 17.5 Å². The first-order chi connectivity index (χ1) is 22.2. The fourth-order valence-corrected chi connectivity index (χ4v) is 5.19. The molecule has 2 amide bonds. The molecule has 0 fully saturated rings. The lowest BCUT2D eigenvalue weighted by molar-refractivity contribution is -0.118. The van der Waals surface area contributed by atoms with Crippen molar-refractivity contribution in [1.82, 2.24) is 15.1 Å². The van der Waals surface area contributed by atoms with E-state index in [1.54, 1.807) is 48.7 Å². The van der Waals surface area contributed by atoms with Crippen LogP contribution < -0.4 is 15.0 Å². The zero-order valence-corrected chi connectivity index (χ0v) is 27.0. The summed E-state index contributed by atoms with van der Waals surface area (Å²) in [6, 6.07) is 8.58. The van der Waals surface area contributed by atoms with E-state index in [2.05, 4.69) is 17.0 Å². The molecular weight excluding hydrogens is 590 g/mol. The van der Waals surface area contributed by atoms with Crippen LogP contribution in [-0.4, -0.2) is 47.9 Å². The molecule has 0 unspecified atom stereocenters. The van der Waals surface area contributed by atoms with Gasteiger partial charge in [-0.1, -0.05) is 31.7 Å². The minimum absolute atomic E-state index is 0.0821. The number of ether oxygens (including phenoxy) is 2. The summed E-state index contributed by atoms with van der Waals surface area (Å²) in [6.45, 7) is 12.5. The molecule has 2 heterocycles. The number of carbonyl (C=O) groups excluding carboxylic acids is 2. The third-order valence-electron chi connectivity index (χ3n) is 7.76. The van der Waals surface area contributed by atoms with Crippen LogP contribution in [0.2, 0.25) is 0 Å².